The summed E-state index contributed by atoms with van der Waals surface area (Å²) in [7, 11) is 0. The van der Waals surface area contributed by atoms with Gasteiger partial charge in [-0.25, -0.2) is 4.39 Å². The third-order valence-electron chi connectivity index (χ3n) is 3.75. The third kappa shape index (κ3) is 4.50. The molecule has 0 fully saturated rings. The Morgan fingerprint density at radius 3 is 2.85 bits per heavy atom. The van der Waals surface area contributed by atoms with Crippen LogP contribution in [-0.2, 0) is 17.9 Å². The SMILES string of the molecule is Cc1nn(CCC(=O)Nc2cnn(Cc3c(F)cccc3Cl)c2)cc1Br. The lowest BCUT2D eigenvalue weighted by molar-refractivity contribution is -0.116. The van der Waals surface area contributed by atoms with Crippen LogP contribution in [0.4, 0.5) is 10.1 Å². The topological polar surface area (TPSA) is 64.7 Å². The first-order valence-corrected chi connectivity index (χ1v) is 9.04. The Morgan fingerprint density at radius 2 is 2.15 bits per heavy atom. The van der Waals surface area contributed by atoms with Crippen molar-refractivity contribution in [3.05, 3.63) is 63.4 Å². The van der Waals surface area contributed by atoms with Gasteiger partial charge in [-0.1, -0.05) is 17.7 Å². The number of nitrogens with one attached hydrogen (secondary N) is 1. The molecule has 0 aliphatic heterocycles. The Balaban J connectivity index is 1.57. The Labute approximate surface area is 163 Å². The molecule has 1 amide bonds. The molecule has 3 rings (SSSR count). The van der Waals surface area contributed by atoms with E-state index in [2.05, 4.69) is 31.4 Å². The summed E-state index contributed by atoms with van der Waals surface area (Å²) in [6.45, 7) is 2.54. The molecule has 0 aliphatic carbocycles. The van der Waals surface area contributed by atoms with E-state index in [1.54, 1.807) is 23.0 Å². The first-order chi connectivity index (χ1) is 12.4. The summed E-state index contributed by atoms with van der Waals surface area (Å²) in [6, 6.07) is 4.53. The number of amides is 1. The minimum absolute atomic E-state index is 0.155. The Morgan fingerprint density at radius 1 is 1.35 bits per heavy atom. The number of halogens is 3. The molecule has 0 unspecified atom stereocenters. The van der Waals surface area contributed by atoms with Crippen LogP contribution in [0, 0.1) is 12.7 Å². The van der Waals surface area contributed by atoms with Crippen LogP contribution in [0.25, 0.3) is 0 Å². The highest BCUT2D eigenvalue weighted by atomic mass is 79.9. The number of hydrogen-bond acceptors (Lipinski definition) is 3. The van der Waals surface area contributed by atoms with E-state index in [4.69, 9.17) is 11.6 Å². The number of aromatic nitrogens is 4. The molecule has 26 heavy (non-hydrogen) atoms. The maximum Gasteiger partial charge on any atom is 0.226 e. The lowest BCUT2D eigenvalue weighted by Gasteiger charge is -2.06. The van der Waals surface area contributed by atoms with Crippen LogP contribution in [0.1, 0.15) is 17.7 Å². The van der Waals surface area contributed by atoms with Gasteiger partial charge in [-0.3, -0.25) is 14.2 Å². The number of rotatable bonds is 6. The van der Waals surface area contributed by atoms with E-state index in [0.29, 0.717) is 22.8 Å². The van der Waals surface area contributed by atoms with Crippen molar-refractivity contribution < 1.29 is 9.18 Å². The minimum Gasteiger partial charge on any atom is -0.323 e. The highest BCUT2D eigenvalue weighted by molar-refractivity contribution is 9.10. The van der Waals surface area contributed by atoms with E-state index in [1.807, 2.05) is 13.1 Å². The second kappa shape index (κ2) is 8.01. The number of hydrogen-bond donors (Lipinski definition) is 1. The predicted molar refractivity (Wildman–Crippen MR) is 101 cm³/mol. The third-order valence-corrected chi connectivity index (χ3v) is 4.89. The van der Waals surface area contributed by atoms with Gasteiger partial charge in [-0.2, -0.15) is 10.2 Å². The Hall–Kier alpha value is -2.19. The van der Waals surface area contributed by atoms with Crippen molar-refractivity contribution in [2.24, 2.45) is 0 Å². The van der Waals surface area contributed by atoms with Crippen LogP contribution >= 0.6 is 27.5 Å². The van der Waals surface area contributed by atoms with Crippen LogP contribution in [-0.4, -0.2) is 25.5 Å². The molecular weight excluding hydrogens is 425 g/mol. The van der Waals surface area contributed by atoms with Gasteiger partial charge < -0.3 is 5.32 Å². The standard InChI is InChI=1S/C17H16BrClFN5O/c1-11-14(18)10-24(23-11)6-5-17(26)22-12-7-21-25(8-12)9-13-15(19)3-2-4-16(13)20/h2-4,7-8,10H,5-6,9H2,1H3,(H,22,26). The molecule has 1 N–H and O–H groups in total. The zero-order valence-electron chi connectivity index (χ0n) is 13.9. The monoisotopic (exact) mass is 439 g/mol. The van der Waals surface area contributed by atoms with Crippen LogP contribution in [0.5, 0.6) is 0 Å². The van der Waals surface area contributed by atoms with Gasteiger partial charge in [0.05, 0.1) is 28.6 Å². The second-order valence-corrected chi connectivity index (χ2v) is 7.01. The van der Waals surface area contributed by atoms with E-state index in [1.165, 1.54) is 16.9 Å². The first-order valence-electron chi connectivity index (χ1n) is 7.87. The van der Waals surface area contributed by atoms with Crippen LogP contribution in [0.3, 0.4) is 0 Å². The molecule has 0 radical (unpaired) electrons. The Bertz CT molecular complexity index is 899. The van der Waals surface area contributed by atoms with E-state index in [9.17, 15) is 9.18 Å². The van der Waals surface area contributed by atoms with E-state index in [-0.39, 0.29) is 24.7 Å². The number of anilines is 1. The molecule has 0 bridgehead atoms. The van der Waals surface area contributed by atoms with Crippen LogP contribution in [0.2, 0.25) is 5.02 Å². The quantitative estimate of drug-likeness (QED) is 0.630. The summed E-state index contributed by atoms with van der Waals surface area (Å²) in [6.07, 6.45) is 5.26. The zero-order valence-corrected chi connectivity index (χ0v) is 16.3. The lowest BCUT2D eigenvalue weighted by atomic mass is 10.2. The highest BCUT2D eigenvalue weighted by Crippen LogP contribution is 2.20. The van der Waals surface area contributed by atoms with Gasteiger partial charge in [-0.05, 0) is 35.0 Å². The van der Waals surface area contributed by atoms with Crippen molar-refractivity contribution in [2.75, 3.05) is 5.32 Å². The lowest BCUT2D eigenvalue weighted by Crippen LogP contribution is -2.14. The van der Waals surface area contributed by atoms with Crippen molar-refractivity contribution in [1.29, 1.82) is 0 Å². The van der Waals surface area contributed by atoms with Gasteiger partial charge in [0.2, 0.25) is 5.91 Å². The fourth-order valence-electron chi connectivity index (χ4n) is 2.41. The molecule has 2 aromatic heterocycles. The molecule has 0 atom stereocenters. The van der Waals surface area contributed by atoms with E-state index >= 15 is 0 Å². The summed E-state index contributed by atoms with van der Waals surface area (Å²) in [5.74, 6) is -0.544. The molecule has 0 spiro atoms. The minimum atomic E-state index is -0.390. The van der Waals surface area contributed by atoms with Gasteiger partial charge in [0, 0.05) is 35.9 Å². The van der Waals surface area contributed by atoms with Crippen LogP contribution in [0.15, 0.2) is 41.3 Å². The average Bonchev–Trinajstić information content (AvgIpc) is 3.16. The number of carbonyl (C=O) groups excluding carboxylic acids is 1. The molecule has 0 aliphatic rings. The maximum absolute atomic E-state index is 13.8. The smallest absolute Gasteiger partial charge is 0.226 e. The van der Waals surface area contributed by atoms with E-state index < -0.39 is 0 Å². The summed E-state index contributed by atoms with van der Waals surface area (Å²) < 4.78 is 18.0. The van der Waals surface area contributed by atoms with Gasteiger partial charge in [0.25, 0.3) is 0 Å². The molecule has 3 aromatic rings. The van der Waals surface area contributed by atoms with Crippen molar-refractivity contribution in [3.63, 3.8) is 0 Å². The van der Waals surface area contributed by atoms with E-state index in [0.717, 1.165) is 10.2 Å². The van der Waals surface area contributed by atoms with Crippen molar-refractivity contribution >= 4 is 39.1 Å². The van der Waals surface area contributed by atoms with Gasteiger partial charge in [-0.15, -0.1) is 0 Å². The van der Waals surface area contributed by atoms with Crippen molar-refractivity contribution in [3.8, 4) is 0 Å². The van der Waals surface area contributed by atoms with Crippen molar-refractivity contribution in [2.45, 2.75) is 26.4 Å². The summed E-state index contributed by atoms with van der Waals surface area (Å²) >= 11 is 9.41. The van der Waals surface area contributed by atoms with Crippen molar-refractivity contribution in [1.82, 2.24) is 19.6 Å². The molecule has 0 saturated carbocycles. The van der Waals surface area contributed by atoms with Gasteiger partial charge in [0.1, 0.15) is 5.82 Å². The largest absolute Gasteiger partial charge is 0.323 e. The molecule has 136 valence electrons. The van der Waals surface area contributed by atoms with Gasteiger partial charge >= 0.3 is 0 Å². The summed E-state index contributed by atoms with van der Waals surface area (Å²) in [5, 5.41) is 11.5. The fourth-order valence-corrected chi connectivity index (χ4v) is 2.95. The maximum atomic E-state index is 13.8. The molecule has 0 saturated heterocycles. The molecular formula is C17H16BrClFN5O. The number of carbonyl (C=O) groups is 1. The summed E-state index contributed by atoms with van der Waals surface area (Å²) in [4.78, 5) is 12.1. The highest BCUT2D eigenvalue weighted by Gasteiger charge is 2.10. The molecule has 1 aromatic carbocycles. The number of nitrogens with zero attached hydrogens (tertiary/aromatic N) is 4. The van der Waals surface area contributed by atoms with Gasteiger partial charge in [0.15, 0.2) is 0 Å². The number of aryl methyl sites for hydroxylation is 2. The number of benzene rings is 1. The zero-order chi connectivity index (χ0) is 18.7. The second-order valence-electron chi connectivity index (χ2n) is 5.75. The molecule has 2 heterocycles. The van der Waals surface area contributed by atoms with Crippen LogP contribution < -0.4 is 5.32 Å². The Kier molecular flexibility index (Phi) is 5.73. The average molecular weight is 441 g/mol. The normalized spacial score (nSPS) is 10.9. The fraction of sp³-hybridized carbons (Fsp3) is 0.235. The first kappa shape index (κ1) is 18.6. The molecule has 6 nitrogen and oxygen atoms in total. The molecule has 9 heteroatoms. The summed E-state index contributed by atoms with van der Waals surface area (Å²) in [5.41, 5.74) is 1.77. The predicted octanol–water partition coefficient (Wildman–Crippen LogP) is 4.02.